The van der Waals surface area contributed by atoms with Crippen molar-refractivity contribution in [2.45, 2.75) is 0 Å². The quantitative estimate of drug-likeness (QED) is 0.187. The van der Waals surface area contributed by atoms with Crippen LogP contribution in [0.1, 0.15) is 5.56 Å². The van der Waals surface area contributed by atoms with Crippen molar-refractivity contribution < 1.29 is 28.7 Å². The van der Waals surface area contributed by atoms with Crippen LogP contribution in [0.5, 0.6) is 11.5 Å². The van der Waals surface area contributed by atoms with Gasteiger partial charge >= 0.3 is 5.97 Å². The number of amides is 1. The SMILES string of the molecule is N#C/C(=C\c1ccc2c(c1)OCO2)C(=O)OCC(=O)Nc1c(Br)cc([N+](=O)[O-])cc1Br. The van der Waals surface area contributed by atoms with Crippen LogP contribution in [0.3, 0.4) is 0 Å². The van der Waals surface area contributed by atoms with Gasteiger partial charge in [0.05, 0.1) is 10.6 Å². The second kappa shape index (κ2) is 9.59. The molecule has 2 aromatic carbocycles. The summed E-state index contributed by atoms with van der Waals surface area (Å²) in [5, 5.41) is 22.6. The van der Waals surface area contributed by atoms with Crippen LogP contribution >= 0.6 is 31.9 Å². The van der Waals surface area contributed by atoms with E-state index in [1.54, 1.807) is 24.3 Å². The fourth-order valence-corrected chi connectivity index (χ4v) is 3.84. The molecule has 0 spiro atoms. The molecule has 31 heavy (non-hydrogen) atoms. The highest BCUT2D eigenvalue weighted by molar-refractivity contribution is 9.11. The van der Waals surface area contributed by atoms with Gasteiger partial charge in [0.25, 0.3) is 11.6 Å². The van der Waals surface area contributed by atoms with Crippen molar-refractivity contribution in [2.75, 3.05) is 18.7 Å². The number of anilines is 1. The molecule has 12 heteroatoms. The fraction of sp³-hybridized carbons (Fsp3) is 0.105. The third kappa shape index (κ3) is 5.39. The first-order valence-electron chi connectivity index (χ1n) is 8.40. The second-order valence-electron chi connectivity index (χ2n) is 5.95. The molecule has 0 aromatic heterocycles. The third-order valence-electron chi connectivity index (χ3n) is 3.88. The Hall–Kier alpha value is -3.43. The second-order valence-corrected chi connectivity index (χ2v) is 7.66. The van der Waals surface area contributed by atoms with Crippen molar-refractivity contribution >= 4 is 61.2 Å². The summed E-state index contributed by atoms with van der Waals surface area (Å²) in [6, 6.07) is 9.04. The minimum Gasteiger partial charge on any atom is -0.454 e. The lowest BCUT2D eigenvalue weighted by atomic mass is 10.1. The summed E-state index contributed by atoms with van der Waals surface area (Å²) in [6.45, 7) is -0.583. The summed E-state index contributed by atoms with van der Waals surface area (Å²) in [5.41, 5.74) is 0.240. The Kier molecular flexibility index (Phi) is 6.88. The molecule has 158 valence electrons. The number of nitro groups is 1. The number of fused-ring (bicyclic) bond motifs is 1. The molecule has 3 rings (SSSR count). The number of hydrogen-bond acceptors (Lipinski definition) is 8. The van der Waals surface area contributed by atoms with Gasteiger partial charge in [0.15, 0.2) is 18.1 Å². The van der Waals surface area contributed by atoms with Crippen LogP contribution < -0.4 is 14.8 Å². The Bertz CT molecular complexity index is 1130. The minimum absolute atomic E-state index is 0.0890. The lowest BCUT2D eigenvalue weighted by Crippen LogP contribution is -2.21. The van der Waals surface area contributed by atoms with Gasteiger partial charge in [0.2, 0.25) is 6.79 Å². The van der Waals surface area contributed by atoms with E-state index in [2.05, 4.69) is 37.2 Å². The van der Waals surface area contributed by atoms with E-state index >= 15 is 0 Å². The van der Waals surface area contributed by atoms with Gasteiger partial charge < -0.3 is 19.5 Å². The molecule has 0 fully saturated rings. The van der Waals surface area contributed by atoms with Crippen molar-refractivity contribution in [2.24, 2.45) is 0 Å². The lowest BCUT2D eigenvalue weighted by molar-refractivity contribution is -0.385. The zero-order valence-corrected chi connectivity index (χ0v) is 18.6. The Balaban J connectivity index is 1.64. The molecule has 0 saturated heterocycles. The minimum atomic E-state index is -0.989. The maximum absolute atomic E-state index is 12.2. The van der Waals surface area contributed by atoms with Crippen molar-refractivity contribution in [3.63, 3.8) is 0 Å². The van der Waals surface area contributed by atoms with E-state index in [1.165, 1.54) is 18.2 Å². The largest absolute Gasteiger partial charge is 0.454 e. The van der Waals surface area contributed by atoms with Crippen molar-refractivity contribution in [1.82, 2.24) is 0 Å². The molecule has 1 aliphatic heterocycles. The molecule has 0 radical (unpaired) electrons. The van der Waals surface area contributed by atoms with Crippen molar-refractivity contribution in [3.8, 4) is 17.6 Å². The predicted molar refractivity (Wildman–Crippen MR) is 114 cm³/mol. The van der Waals surface area contributed by atoms with Crippen LogP contribution in [0.2, 0.25) is 0 Å². The molecule has 10 nitrogen and oxygen atoms in total. The van der Waals surface area contributed by atoms with E-state index in [-0.39, 0.29) is 32.7 Å². The standard InChI is InChI=1S/C19H11Br2N3O7/c20-13-5-12(24(27)28)6-14(21)18(13)23-17(25)8-29-19(26)11(7-22)3-10-1-2-15-16(4-10)31-9-30-15/h1-6H,8-9H2,(H,23,25)/b11-3+. The summed E-state index contributed by atoms with van der Waals surface area (Å²) in [7, 11) is 0. The number of non-ortho nitro benzene ring substituents is 1. The van der Waals surface area contributed by atoms with Gasteiger partial charge in [-0.15, -0.1) is 0 Å². The molecule has 2 aromatic rings. The monoisotopic (exact) mass is 551 g/mol. The molecule has 1 N–H and O–H groups in total. The number of nitrogens with one attached hydrogen (secondary N) is 1. The highest BCUT2D eigenvalue weighted by Gasteiger charge is 2.19. The number of nitrogens with zero attached hydrogens (tertiary/aromatic N) is 2. The number of esters is 1. The number of carbonyl (C=O) groups excluding carboxylic acids is 2. The first-order chi connectivity index (χ1) is 14.8. The topological polar surface area (TPSA) is 141 Å². The Morgan fingerprint density at radius 1 is 1.23 bits per heavy atom. The number of benzene rings is 2. The average molecular weight is 553 g/mol. The van der Waals surface area contributed by atoms with Gasteiger partial charge in [-0.25, -0.2) is 4.79 Å². The third-order valence-corrected chi connectivity index (χ3v) is 5.14. The maximum Gasteiger partial charge on any atom is 0.349 e. The van der Waals surface area contributed by atoms with Gasteiger partial charge in [-0.3, -0.25) is 14.9 Å². The summed E-state index contributed by atoms with van der Waals surface area (Å²) in [5.74, 6) is -0.655. The predicted octanol–water partition coefficient (Wildman–Crippen LogP) is 3.94. The molecule has 0 atom stereocenters. The van der Waals surface area contributed by atoms with Crippen LogP contribution in [0, 0.1) is 21.4 Å². The van der Waals surface area contributed by atoms with E-state index in [4.69, 9.17) is 14.2 Å². The summed E-state index contributed by atoms with van der Waals surface area (Å²) in [6.07, 6.45) is 1.30. The van der Waals surface area contributed by atoms with Crippen LogP contribution in [-0.4, -0.2) is 30.2 Å². The fourth-order valence-electron chi connectivity index (χ4n) is 2.48. The number of carbonyl (C=O) groups is 2. The van der Waals surface area contributed by atoms with Gasteiger partial charge in [-0.05, 0) is 55.6 Å². The van der Waals surface area contributed by atoms with E-state index in [0.717, 1.165) is 0 Å². The number of hydrogen-bond donors (Lipinski definition) is 1. The first kappa shape index (κ1) is 22.3. The van der Waals surface area contributed by atoms with E-state index < -0.39 is 23.4 Å². The summed E-state index contributed by atoms with van der Waals surface area (Å²) >= 11 is 6.28. The normalized spacial score (nSPS) is 12.1. The molecule has 0 saturated carbocycles. The highest BCUT2D eigenvalue weighted by Crippen LogP contribution is 2.35. The van der Waals surface area contributed by atoms with Crippen molar-refractivity contribution in [1.29, 1.82) is 5.26 Å². The molecule has 1 aliphatic rings. The van der Waals surface area contributed by atoms with Crippen LogP contribution in [0.15, 0.2) is 44.9 Å². The first-order valence-corrected chi connectivity index (χ1v) is 9.99. The molecular formula is C19H11Br2N3O7. The smallest absolute Gasteiger partial charge is 0.349 e. The Morgan fingerprint density at radius 3 is 2.55 bits per heavy atom. The zero-order valence-electron chi connectivity index (χ0n) is 15.4. The average Bonchev–Trinajstić information content (AvgIpc) is 3.20. The Morgan fingerprint density at radius 2 is 1.90 bits per heavy atom. The van der Waals surface area contributed by atoms with Crippen LogP contribution in [0.25, 0.3) is 6.08 Å². The van der Waals surface area contributed by atoms with E-state index in [1.807, 2.05) is 0 Å². The van der Waals surface area contributed by atoms with Crippen LogP contribution in [0.4, 0.5) is 11.4 Å². The van der Waals surface area contributed by atoms with Gasteiger partial charge in [-0.2, -0.15) is 5.26 Å². The number of halogens is 2. The van der Waals surface area contributed by atoms with Gasteiger partial charge in [-0.1, -0.05) is 6.07 Å². The highest BCUT2D eigenvalue weighted by atomic mass is 79.9. The molecule has 0 bridgehead atoms. The Labute approximate surface area is 191 Å². The number of nitriles is 1. The van der Waals surface area contributed by atoms with Crippen molar-refractivity contribution in [3.05, 3.63) is 60.5 Å². The molecule has 1 amide bonds. The maximum atomic E-state index is 12.2. The van der Waals surface area contributed by atoms with Crippen LogP contribution in [-0.2, 0) is 14.3 Å². The molecule has 0 aliphatic carbocycles. The molecule has 1 heterocycles. The van der Waals surface area contributed by atoms with Gasteiger partial charge in [0, 0.05) is 21.1 Å². The molecular weight excluding hydrogens is 542 g/mol. The summed E-state index contributed by atoms with van der Waals surface area (Å²) < 4.78 is 15.9. The molecule has 0 unspecified atom stereocenters. The number of ether oxygens (including phenoxy) is 3. The van der Waals surface area contributed by atoms with E-state index in [0.29, 0.717) is 17.1 Å². The van der Waals surface area contributed by atoms with Gasteiger partial charge in [0.1, 0.15) is 11.6 Å². The number of nitro benzene ring substituents is 1. The number of rotatable bonds is 6. The van der Waals surface area contributed by atoms with E-state index in [9.17, 15) is 25.0 Å². The zero-order chi connectivity index (χ0) is 22.5. The summed E-state index contributed by atoms with van der Waals surface area (Å²) in [4.78, 5) is 34.6. The lowest BCUT2D eigenvalue weighted by Gasteiger charge is -2.10.